The van der Waals surface area contributed by atoms with Crippen LogP contribution in [-0.4, -0.2) is 34.0 Å². The summed E-state index contributed by atoms with van der Waals surface area (Å²) in [6.45, 7) is 3.18. The number of rotatable bonds is 5. The second-order valence-corrected chi connectivity index (χ2v) is 8.45. The van der Waals surface area contributed by atoms with Crippen molar-refractivity contribution in [3.05, 3.63) is 84.4 Å². The van der Waals surface area contributed by atoms with Crippen molar-refractivity contribution in [3.8, 4) is 48.1 Å². The molecule has 3 nitrogen and oxygen atoms in total. The summed E-state index contributed by atoms with van der Waals surface area (Å²) in [7, 11) is 0. The Hall–Kier alpha value is -2.92. The van der Waals surface area contributed by atoms with Crippen LogP contribution in [0.3, 0.4) is 0 Å². The van der Waals surface area contributed by atoms with Gasteiger partial charge in [0.15, 0.2) is 0 Å². The molecule has 2 rings (SSSR count). The summed E-state index contributed by atoms with van der Waals surface area (Å²) in [5.74, 6) is 14.9. The van der Waals surface area contributed by atoms with E-state index in [1.165, 1.54) is 11.1 Å². The van der Waals surface area contributed by atoms with Gasteiger partial charge in [-0.05, 0) is 28.9 Å². The molecule has 0 saturated heterocycles. The number of benzene rings is 2. The van der Waals surface area contributed by atoms with Crippen LogP contribution < -0.4 is 0 Å². The van der Waals surface area contributed by atoms with E-state index in [0.29, 0.717) is 0 Å². The number of thioether (sulfide) groups is 2. The topological polar surface area (TPSA) is 50.2 Å². The third kappa shape index (κ3) is 19.7. The van der Waals surface area contributed by atoms with Crippen LogP contribution in [-0.2, 0) is 21.0 Å². The zero-order valence-corrected chi connectivity index (χ0v) is 21.8. The summed E-state index contributed by atoms with van der Waals surface area (Å²) in [5, 5.41) is 0. The fourth-order valence-electron chi connectivity index (χ4n) is 1.75. The second kappa shape index (κ2) is 24.7. The average Bonchev–Trinajstić information content (AvgIpc) is 2.88. The Labute approximate surface area is 231 Å². The molecule has 0 unspecified atom stereocenters. The summed E-state index contributed by atoms with van der Waals surface area (Å²) < 4.78 is 11.0. The fourth-order valence-corrected chi connectivity index (χ4v) is 3.74. The number of hydrogen-bond acceptors (Lipinski definition) is 6. The molecule has 2 aromatic carbocycles. The predicted octanol–water partition coefficient (Wildman–Crippen LogP) is 5.73. The Morgan fingerprint density at radius 3 is 1.85 bits per heavy atom. The first-order chi connectivity index (χ1) is 16.2. The first-order valence-corrected chi connectivity index (χ1v) is 12.1. The molecule has 1 N–H and O–H groups in total. The molecule has 0 aliphatic carbocycles. The second-order valence-electron chi connectivity index (χ2n) is 5.30. The van der Waals surface area contributed by atoms with Crippen molar-refractivity contribution >= 4 is 69.7 Å². The molecular weight excluding hydrogens is 492 g/mol. The zero-order valence-electron chi connectivity index (χ0n) is 18.2. The maximum atomic E-state index is 10.4. The maximum absolute atomic E-state index is 10.4. The van der Waals surface area contributed by atoms with Gasteiger partial charge >= 0.3 is 26.4 Å². The van der Waals surface area contributed by atoms with Gasteiger partial charge in [-0.1, -0.05) is 79.5 Å². The van der Waals surface area contributed by atoms with Crippen LogP contribution in [0.5, 0.6) is 0 Å². The molecule has 0 fully saturated rings. The number of ether oxygens (including phenoxy) is 1. The molecule has 4 radical (unpaired) electrons. The van der Waals surface area contributed by atoms with E-state index in [2.05, 4.69) is 95.4 Å². The Bertz CT molecular complexity index is 1090. The van der Waals surface area contributed by atoms with Gasteiger partial charge in [-0.3, -0.25) is 0 Å². The van der Waals surface area contributed by atoms with Crippen molar-refractivity contribution in [2.75, 3.05) is 0 Å². The molecule has 0 aromatic heterocycles. The van der Waals surface area contributed by atoms with Crippen LogP contribution in [0.4, 0.5) is 0 Å². The quantitative estimate of drug-likeness (QED) is 0.181. The standard InChI is InChI=1S/C15H14S3.C11H4O2.Al.B.HN.3H2/c16-15(17-11-13-7-3-1-4-8-13)18-12-14-9-5-2-6-10-14;1-3-5-6-7-8-9-10-13-11(12)4-2;;;;;;/h1-10H,11-12H2;1,4H,2H2;;;4*1H. The number of terminal acetylenes is 1. The van der Waals surface area contributed by atoms with Crippen LogP contribution in [0, 0.1) is 52.4 Å². The SMILES string of the molecule is C#CC#CC#CC#COC(=O)C=C.S=C(SCc1ccccc1)SCc1ccccc1.[B].[HH].[HH].[HH].[NH]=[Al]. The zero-order chi connectivity index (χ0) is 24.6. The van der Waals surface area contributed by atoms with Crippen LogP contribution in [0.15, 0.2) is 73.3 Å². The van der Waals surface area contributed by atoms with Gasteiger partial charge in [0.25, 0.3) is 0 Å². The van der Waals surface area contributed by atoms with Crippen LogP contribution >= 0.6 is 35.7 Å². The summed E-state index contributed by atoms with van der Waals surface area (Å²) in [6.07, 6.45) is 7.87. The van der Waals surface area contributed by atoms with Gasteiger partial charge in [0.2, 0.25) is 0 Å². The third-order valence-electron chi connectivity index (χ3n) is 3.09. The predicted molar refractivity (Wildman–Crippen MR) is 157 cm³/mol. The first-order valence-electron chi connectivity index (χ1n) is 9.10. The Morgan fingerprint density at radius 2 is 1.41 bits per heavy atom. The molecule has 0 bridgehead atoms. The van der Waals surface area contributed by atoms with Gasteiger partial charge in [0, 0.05) is 48.0 Å². The van der Waals surface area contributed by atoms with E-state index in [1.807, 2.05) is 18.2 Å². The number of carbonyl (C=O) groups is 1. The van der Waals surface area contributed by atoms with Gasteiger partial charge in [-0.2, -0.15) is 0 Å². The minimum atomic E-state index is -0.621. The molecule has 0 amide bonds. The van der Waals surface area contributed by atoms with Crippen molar-refractivity contribution in [3.63, 3.8) is 0 Å². The van der Waals surface area contributed by atoms with Gasteiger partial charge in [0.1, 0.15) is 9.64 Å². The summed E-state index contributed by atoms with van der Waals surface area (Å²) in [5.41, 5.74) is 2.65. The van der Waals surface area contributed by atoms with Crippen LogP contribution in [0.1, 0.15) is 15.4 Å². The van der Waals surface area contributed by atoms with Gasteiger partial charge in [-0.25, -0.2) is 4.79 Å². The van der Waals surface area contributed by atoms with Crippen LogP contribution in [0.2, 0.25) is 0 Å². The number of nitrogens with one attached hydrogen (secondary N) is 1. The number of esters is 1. The Morgan fingerprint density at radius 1 is 0.971 bits per heavy atom. The van der Waals surface area contributed by atoms with Gasteiger partial charge < -0.3 is 4.74 Å². The minimum absolute atomic E-state index is 0. The molecule has 0 spiro atoms. The van der Waals surface area contributed by atoms with E-state index < -0.39 is 5.97 Å². The van der Waals surface area contributed by atoms with E-state index in [9.17, 15) is 4.79 Å². The van der Waals surface area contributed by atoms with Crippen LogP contribution in [0.25, 0.3) is 0 Å². The molecule has 0 aliphatic rings. The molecular formula is C26H25AlBNO2S3. The number of thiocarbonyl (C=S) groups is 1. The molecule has 34 heavy (non-hydrogen) atoms. The van der Waals surface area contributed by atoms with E-state index in [1.54, 1.807) is 39.6 Å². The summed E-state index contributed by atoms with van der Waals surface area (Å²) >= 11 is 10.5. The molecule has 8 heteroatoms. The average molecular weight is 517 g/mol. The normalized spacial score (nSPS) is 7.47. The molecule has 0 saturated carbocycles. The van der Waals surface area contributed by atoms with Crippen molar-refractivity contribution in [1.29, 1.82) is 4.35 Å². The third-order valence-corrected chi connectivity index (χ3v) is 5.93. The monoisotopic (exact) mass is 517 g/mol. The van der Waals surface area contributed by atoms with Crippen molar-refractivity contribution in [2.24, 2.45) is 0 Å². The van der Waals surface area contributed by atoms with Gasteiger partial charge in [-0.15, -0.1) is 29.9 Å². The van der Waals surface area contributed by atoms with Crippen molar-refractivity contribution in [2.45, 2.75) is 11.5 Å². The van der Waals surface area contributed by atoms with Crippen molar-refractivity contribution in [1.82, 2.24) is 0 Å². The molecule has 2 aromatic rings. The number of carbonyl (C=O) groups excluding carboxylic acids is 1. The van der Waals surface area contributed by atoms with Crippen molar-refractivity contribution < 1.29 is 13.8 Å². The molecule has 170 valence electrons. The Balaban J connectivity index is -0.000000163. The van der Waals surface area contributed by atoms with E-state index >= 15 is 0 Å². The summed E-state index contributed by atoms with van der Waals surface area (Å²) in [6, 6.07) is 20.9. The van der Waals surface area contributed by atoms with E-state index in [0.717, 1.165) is 21.1 Å². The number of hydrogen-bond donors (Lipinski definition) is 1. The molecule has 0 aliphatic heterocycles. The van der Waals surface area contributed by atoms with E-state index in [-0.39, 0.29) is 12.7 Å². The Kier molecular flexibility index (Phi) is 24.2. The fraction of sp³-hybridized carbons (Fsp3) is 0.0769. The van der Waals surface area contributed by atoms with Gasteiger partial charge in [0.05, 0.1) is 0 Å². The van der Waals surface area contributed by atoms with E-state index in [4.69, 9.17) is 23.0 Å². The molecule has 0 heterocycles. The summed E-state index contributed by atoms with van der Waals surface area (Å²) in [4.78, 5) is 10.4. The molecule has 0 atom stereocenters. The first kappa shape index (κ1) is 33.3.